The number of aryl methyl sites for hydroxylation is 2. The molecule has 3 N–H and O–H groups in total. The molecule has 6 nitrogen and oxygen atoms in total. The number of carbonyl (C=O) groups excluding carboxylic acids is 1. The van der Waals surface area contributed by atoms with E-state index in [2.05, 4.69) is 25.7 Å². The van der Waals surface area contributed by atoms with Crippen molar-refractivity contribution < 1.29 is 4.79 Å². The Morgan fingerprint density at radius 3 is 2.70 bits per heavy atom. The highest BCUT2D eigenvalue weighted by Crippen LogP contribution is 2.20. The first-order valence-electron chi connectivity index (χ1n) is 8.65. The van der Waals surface area contributed by atoms with Crippen molar-refractivity contribution in [1.29, 1.82) is 0 Å². The van der Waals surface area contributed by atoms with Crippen LogP contribution in [-0.4, -0.2) is 27.3 Å². The standard InChI is InChI=1S/C21H19N5O/c1-13-7-9-15(10-8-13)19-11-20(25-24-19)21(27)26-22-12-17-14(2)23-18-6-4-3-5-16(17)18/h3-12,23H,1-2H3,(H,24,25)(H,26,27)/b22-12+. The van der Waals surface area contributed by atoms with Gasteiger partial charge in [-0.3, -0.25) is 9.89 Å². The van der Waals surface area contributed by atoms with E-state index in [1.165, 1.54) is 5.56 Å². The Bertz CT molecular complexity index is 1140. The molecule has 2 heterocycles. The number of hydrogen-bond donors (Lipinski definition) is 3. The molecule has 134 valence electrons. The summed E-state index contributed by atoms with van der Waals surface area (Å²) in [5.74, 6) is -0.338. The van der Waals surface area contributed by atoms with Crippen molar-refractivity contribution >= 4 is 23.0 Å². The fourth-order valence-electron chi connectivity index (χ4n) is 2.99. The molecule has 0 aliphatic heterocycles. The zero-order valence-electron chi connectivity index (χ0n) is 15.1. The normalized spacial score (nSPS) is 11.3. The van der Waals surface area contributed by atoms with Crippen molar-refractivity contribution in [3.63, 3.8) is 0 Å². The van der Waals surface area contributed by atoms with Gasteiger partial charge in [0.05, 0.1) is 11.9 Å². The summed E-state index contributed by atoms with van der Waals surface area (Å²) in [7, 11) is 0. The number of carbonyl (C=O) groups is 1. The Labute approximate surface area is 156 Å². The summed E-state index contributed by atoms with van der Waals surface area (Å²) in [5.41, 5.74) is 8.75. The van der Waals surface area contributed by atoms with E-state index in [9.17, 15) is 4.79 Å². The van der Waals surface area contributed by atoms with Crippen LogP contribution >= 0.6 is 0 Å². The molecule has 6 heteroatoms. The minimum absolute atomic E-state index is 0.338. The average molecular weight is 357 g/mol. The quantitative estimate of drug-likeness (QED) is 0.382. The Hall–Kier alpha value is -3.67. The lowest BCUT2D eigenvalue weighted by Crippen LogP contribution is -2.18. The van der Waals surface area contributed by atoms with Crippen molar-refractivity contribution in [3.8, 4) is 11.3 Å². The first-order valence-corrected chi connectivity index (χ1v) is 8.65. The van der Waals surface area contributed by atoms with Gasteiger partial charge < -0.3 is 4.98 Å². The fourth-order valence-corrected chi connectivity index (χ4v) is 2.99. The number of aromatic amines is 2. The summed E-state index contributed by atoms with van der Waals surface area (Å²) < 4.78 is 0. The van der Waals surface area contributed by atoms with Crippen molar-refractivity contribution in [2.45, 2.75) is 13.8 Å². The molecule has 0 saturated heterocycles. The second-order valence-electron chi connectivity index (χ2n) is 6.44. The van der Waals surface area contributed by atoms with E-state index in [0.717, 1.165) is 33.4 Å². The van der Waals surface area contributed by atoms with Crippen molar-refractivity contribution in [2.24, 2.45) is 5.10 Å². The maximum Gasteiger partial charge on any atom is 0.289 e. The molecule has 0 radical (unpaired) electrons. The topological polar surface area (TPSA) is 85.9 Å². The molecular formula is C21H19N5O. The van der Waals surface area contributed by atoms with Gasteiger partial charge in [0.1, 0.15) is 5.69 Å². The van der Waals surface area contributed by atoms with Crippen LogP contribution in [0.3, 0.4) is 0 Å². The number of hydrogen-bond acceptors (Lipinski definition) is 3. The maximum atomic E-state index is 12.3. The van der Waals surface area contributed by atoms with Crippen LogP contribution in [0.4, 0.5) is 0 Å². The van der Waals surface area contributed by atoms with Gasteiger partial charge in [0.15, 0.2) is 0 Å². The van der Waals surface area contributed by atoms with Gasteiger partial charge in [-0.15, -0.1) is 0 Å². The van der Waals surface area contributed by atoms with E-state index in [4.69, 9.17) is 0 Å². The van der Waals surface area contributed by atoms with Crippen LogP contribution in [-0.2, 0) is 0 Å². The molecule has 0 bridgehead atoms. The van der Waals surface area contributed by atoms with Gasteiger partial charge >= 0.3 is 0 Å². The van der Waals surface area contributed by atoms with Crippen LogP contribution in [0.5, 0.6) is 0 Å². The Kier molecular flexibility index (Phi) is 4.30. The number of fused-ring (bicyclic) bond motifs is 1. The number of benzene rings is 2. The van der Waals surface area contributed by atoms with Crippen molar-refractivity contribution in [2.75, 3.05) is 0 Å². The smallest absolute Gasteiger partial charge is 0.289 e. The third kappa shape index (κ3) is 3.37. The van der Waals surface area contributed by atoms with Crippen LogP contribution in [0.1, 0.15) is 27.3 Å². The predicted molar refractivity (Wildman–Crippen MR) is 107 cm³/mol. The van der Waals surface area contributed by atoms with Gasteiger partial charge in [-0.05, 0) is 26.0 Å². The molecule has 0 atom stereocenters. The zero-order valence-corrected chi connectivity index (χ0v) is 15.1. The lowest BCUT2D eigenvalue weighted by molar-refractivity contribution is 0.0950. The van der Waals surface area contributed by atoms with E-state index in [-0.39, 0.29) is 5.91 Å². The SMILES string of the molecule is Cc1ccc(-c2cc(C(=O)N/N=C/c3c(C)[nH]c4ccccc34)[nH]n2)cc1. The molecule has 4 rings (SSSR count). The van der Waals surface area contributed by atoms with E-state index >= 15 is 0 Å². The summed E-state index contributed by atoms with van der Waals surface area (Å²) in [5, 5.41) is 12.1. The van der Waals surface area contributed by atoms with Crippen molar-refractivity contribution in [1.82, 2.24) is 20.6 Å². The second kappa shape index (κ2) is 6.92. The molecule has 0 spiro atoms. The summed E-state index contributed by atoms with van der Waals surface area (Å²) in [6.45, 7) is 4.01. The highest BCUT2D eigenvalue weighted by atomic mass is 16.2. The second-order valence-corrected chi connectivity index (χ2v) is 6.44. The minimum atomic E-state index is -0.338. The largest absolute Gasteiger partial charge is 0.358 e. The number of H-pyrrole nitrogens is 2. The molecule has 0 aliphatic rings. The van der Waals surface area contributed by atoms with Gasteiger partial charge in [-0.2, -0.15) is 10.2 Å². The Morgan fingerprint density at radius 1 is 1.11 bits per heavy atom. The summed E-state index contributed by atoms with van der Waals surface area (Å²) in [6, 6.07) is 17.7. The first-order chi connectivity index (χ1) is 13.1. The highest BCUT2D eigenvalue weighted by molar-refractivity contribution is 6.01. The molecule has 2 aromatic carbocycles. The van der Waals surface area contributed by atoms with Crippen molar-refractivity contribution in [3.05, 3.63) is 77.1 Å². The molecular weight excluding hydrogens is 338 g/mol. The van der Waals surface area contributed by atoms with E-state index in [0.29, 0.717) is 5.69 Å². The number of aromatic nitrogens is 3. The third-order valence-corrected chi connectivity index (χ3v) is 4.47. The number of nitrogens with one attached hydrogen (secondary N) is 3. The molecule has 2 aromatic heterocycles. The van der Waals surface area contributed by atoms with Gasteiger partial charge in [-0.25, -0.2) is 5.43 Å². The number of nitrogens with zero attached hydrogens (tertiary/aromatic N) is 2. The van der Waals surface area contributed by atoms with Crippen LogP contribution in [0.2, 0.25) is 0 Å². The van der Waals surface area contributed by atoms with Crippen LogP contribution in [0, 0.1) is 13.8 Å². The molecule has 4 aromatic rings. The van der Waals surface area contributed by atoms with E-state index in [1.54, 1.807) is 12.3 Å². The lowest BCUT2D eigenvalue weighted by atomic mass is 10.1. The maximum absolute atomic E-state index is 12.3. The Balaban J connectivity index is 1.49. The minimum Gasteiger partial charge on any atom is -0.358 e. The molecule has 0 fully saturated rings. The van der Waals surface area contributed by atoms with E-state index in [1.807, 2.05) is 62.4 Å². The summed E-state index contributed by atoms with van der Waals surface area (Å²) >= 11 is 0. The van der Waals surface area contributed by atoms with Crippen LogP contribution < -0.4 is 5.43 Å². The summed E-state index contributed by atoms with van der Waals surface area (Å²) in [4.78, 5) is 15.6. The monoisotopic (exact) mass is 357 g/mol. The summed E-state index contributed by atoms with van der Waals surface area (Å²) in [6.07, 6.45) is 1.66. The highest BCUT2D eigenvalue weighted by Gasteiger charge is 2.11. The zero-order chi connectivity index (χ0) is 18.8. The van der Waals surface area contributed by atoms with Crippen LogP contribution in [0.25, 0.3) is 22.2 Å². The average Bonchev–Trinajstić information content (AvgIpc) is 3.27. The molecule has 27 heavy (non-hydrogen) atoms. The molecule has 0 unspecified atom stereocenters. The van der Waals surface area contributed by atoms with Gasteiger partial charge in [0.25, 0.3) is 5.91 Å². The molecule has 1 amide bonds. The van der Waals surface area contributed by atoms with Gasteiger partial charge in [0.2, 0.25) is 0 Å². The number of rotatable bonds is 4. The lowest BCUT2D eigenvalue weighted by Gasteiger charge is -1.97. The number of para-hydroxylation sites is 1. The molecule has 0 aliphatic carbocycles. The third-order valence-electron chi connectivity index (χ3n) is 4.47. The number of hydrazone groups is 1. The van der Waals surface area contributed by atoms with E-state index < -0.39 is 0 Å². The fraction of sp³-hybridized carbons (Fsp3) is 0.0952. The van der Waals surface area contributed by atoms with Crippen LogP contribution in [0.15, 0.2) is 59.7 Å². The van der Waals surface area contributed by atoms with Gasteiger partial charge in [0, 0.05) is 27.7 Å². The Morgan fingerprint density at radius 2 is 1.89 bits per heavy atom. The number of amides is 1. The first kappa shape index (κ1) is 16.8. The molecule has 0 saturated carbocycles. The predicted octanol–water partition coefficient (Wildman–Crippen LogP) is 3.94. The van der Waals surface area contributed by atoms with Gasteiger partial charge in [-0.1, -0.05) is 48.0 Å².